The molecule has 0 amide bonds. The van der Waals surface area contributed by atoms with Crippen LogP contribution in [-0.2, 0) is 4.79 Å². The van der Waals surface area contributed by atoms with Crippen molar-refractivity contribution in [1.29, 1.82) is 0 Å². The van der Waals surface area contributed by atoms with Crippen molar-refractivity contribution in [3.8, 4) is 0 Å². The molecule has 5 heteroatoms. The van der Waals surface area contributed by atoms with Crippen molar-refractivity contribution in [3.05, 3.63) is 0 Å². The average Bonchev–Trinajstić information content (AvgIpc) is 1.82. The van der Waals surface area contributed by atoms with Gasteiger partial charge in [-0.25, -0.2) is 0 Å². The third-order valence-corrected chi connectivity index (χ3v) is 1.22. The van der Waals surface area contributed by atoms with E-state index in [1.807, 2.05) is 0 Å². The van der Waals surface area contributed by atoms with Gasteiger partial charge in [-0.1, -0.05) is 0 Å². The van der Waals surface area contributed by atoms with Crippen molar-refractivity contribution in [2.45, 2.75) is 25.3 Å². The Hall–Kier alpha value is -0.320. The fourth-order valence-corrected chi connectivity index (χ4v) is 0.706. The van der Waals surface area contributed by atoms with Gasteiger partial charge in [-0.05, 0) is 19.4 Å². The van der Waals surface area contributed by atoms with E-state index in [1.165, 1.54) is 0 Å². The van der Waals surface area contributed by atoms with E-state index in [-0.39, 0.29) is 24.9 Å². The van der Waals surface area contributed by atoms with E-state index in [0.717, 1.165) is 6.42 Å². The van der Waals surface area contributed by atoms with Crippen molar-refractivity contribution in [3.63, 3.8) is 0 Å². The largest absolute Gasteiger partial charge is 0.481 e. The molecule has 0 aliphatic heterocycles. The first-order chi connectivity index (χ1) is 4.66. The molecule has 0 aromatic heterocycles. The van der Waals surface area contributed by atoms with Gasteiger partial charge in [0.2, 0.25) is 0 Å². The van der Waals surface area contributed by atoms with Gasteiger partial charge >= 0.3 is 5.97 Å². The SMILES string of the molecule is Cl.NCCC[C@H](N)CC(=O)O. The van der Waals surface area contributed by atoms with Crippen molar-refractivity contribution in [2.24, 2.45) is 11.5 Å². The van der Waals surface area contributed by atoms with Crippen molar-refractivity contribution in [2.75, 3.05) is 6.54 Å². The number of carboxylic acid groups (broad SMARTS) is 1. The highest BCUT2D eigenvalue weighted by Crippen LogP contribution is 1.96. The molecule has 0 aliphatic rings. The molecule has 0 unspecified atom stereocenters. The summed E-state index contributed by atoms with van der Waals surface area (Å²) < 4.78 is 0. The quantitative estimate of drug-likeness (QED) is 0.556. The minimum absolute atomic E-state index is 0. The third kappa shape index (κ3) is 9.68. The summed E-state index contributed by atoms with van der Waals surface area (Å²) in [6, 6.07) is -0.235. The Balaban J connectivity index is 0. The van der Waals surface area contributed by atoms with Crippen LogP contribution in [0, 0.1) is 0 Å². The minimum atomic E-state index is -0.843. The zero-order chi connectivity index (χ0) is 7.98. The Bertz CT molecular complexity index is 111. The van der Waals surface area contributed by atoms with Gasteiger partial charge in [0.05, 0.1) is 6.42 Å². The Morgan fingerprint density at radius 3 is 2.45 bits per heavy atom. The second-order valence-electron chi connectivity index (χ2n) is 2.29. The summed E-state index contributed by atoms with van der Waals surface area (Å²) >= 11 is 0. The second-order valence-corrected chi connectivity index (χ2v) is 2.29. The molecule has 0 fully saturated rings. The fraction of sp³-hybridized carbons (Fsp3) is 0.833. The van der Waals surface area contributed by atoms with Gasteiger partial charge in [-0.15, -0.1) is 12.4 Å². The standard InChI is InChI=1S/C6H14N2O2.ClH/c7-3-1-2-5(8)4-6(9)10;/h5H,1-4,7-8H2,(H,9,10);1H/t5-;/m0./s1. The van der Waals surface area contributed by atoms with E-state index in [2.05, 4.69) is 0 Å². The number of halogens is 1. The lowest BCUT2D eigenvalue weighted by atomic mass is 10.1. The molecule has 0 saturated carbocycles. The van der Waals surface area contributed by atoms with E-state index in [1.54, 1.807) is 0 Å². The summed E-state index contributed by atoms with van der Waals surface area (Å²) in [6.45, 7) is 0.577. The van der Waals surface area contributed by atoms with Gasteiger partial charge < -0.3 is 16.6 Å². The van der Waals surface area contributed by atoms with E-state index in [9.17, 15) is 4.79 Å². The molecule has 5 N–H and O–H groups in total. The third-order valence-electron chi connectivity index (χ3n) is 1.22. The molecule has 0 heterocycles. The maximum absolute atomic E-state index is 10.1. The molecule has 1 atom stereocenters. The number of rotatable bonds is 5. The summed E-state index contributed by atoms with van der Waals surface area (Å²) in [5.41, 5.74) is 10.6. The first-order valence-corrected chi connectivity index (χ1v) is 3.34. The van der Waals surface area contributed by atoms with Crippen LogP contribution in [0.2, 0.25) is 0 Å². The predicted molar refractivity (Wildman–Crippen MR) is 45.8 cm³/mol. The van der Waals surface area contributed by atoms with Crippen LogP contribution in [0.4, 0.5) is 0 Å². The number of nitrogens with two attached hydrogens (primary N) is 2. The van der Waals surface area contributed by atoms with Gasteiger partial charge in [0.1, 0.15) is 0 Å². The molecule has 0 saturated heterocycles. The highest BCUT2D eigenvalue weighted by atomic mass is 35.5. The zero-order valence-corrected chi connectivity index (χ0v) is 7.14. The summed E-state index contributed by atoms with van der Waals surface area (Å²) in [4.78, 5) is 10.1. The molecule has 11 heavy (non-hydrogen) atoms. The number of carboxylic acids is 1. The lowest BCUT2D eigenvalue weighted by molar-refractivity contribution is -0.137. The average molecular weight is 183 g/mol. The first kappa shape index (κ1) is 13.3. The molecule has 4 nitrogen and oxygen atoms in total. The van der Waals surface area contributed by atoms with Crippen LogP contribution in [0.25, 0.3) is 0 Å². The number of aliphatic carboxylic acids is 1. The van der Waals surface area contributed by atoms with Crippen molar-refractivity contribution >= 4 is 18.4 Å². The fourth-order valence-electron chi connectivity index (χ4n) is 0.706. The van der Waals surface area contributed by atoms with Crippen LogP contribution in [0.1, 0.15) is 19.3 Å². The first-order valence-electron chi connectivity index (χ1n) is 3.34. The zero-order valence-electron chi connectivity index (χ0n) is 6.32. The maximum atomic E-state index is 10.1. The predicted octanol–water partition coefficient (Wildman–Crippen LogP) is -0.0509. The van der Waals surface area contributed by atoms with Crippen LogP contribution in [0.3, 0.4) is 0 Å². The van der Waals surface area contributed by atoms with E-state index >= 15 is 0 Å². The molecular weight excluding hydrogens is 168 g/mol. The monoisotopic (exact) mass is 182 g/mol. The Kier molecular flexibility index (Phi) is 9.40. The molecule has 0 aliphatic carbocycles. The second kappa shape index (κ2) is 7.78. The Labute approximate surface area is 72.4 Å². The van der Waals surface area contributed by atoms with Gasteiger partial charge in [-0.2, -0.15) is 0 Å². The molecule has 0 aromatic carbocycles. The lowest BCUT2D eigenvalue weighted by Gasteiger charge is -2.05. The van der Waals surface area contributed by atoms with Crippen LogP contribution < -0.4 is 11.5 Å². The molecule has 0 bridgehead atoms. The normalized spacial score (nSPS) is 11.8. The highest BCUT2D eigenvalue weighted by Gasteiger charge is 2.05. The van der Waals surface area contributed by atoms with Crippen molar-refractivity contribution < 1.29 is 9.90 Å². The van der Waals surface area contributed by atoms with Crippen LogP contribution in [0.15, 0.2) is 0 Å². The molecular formula is C6H15ClN2O2. The van der Waals surface area contributed by atoms with E-state index < -0.39 is 5.97 Å². The summed E-state index contributed by atoms with van der Waals surface area (Å²) in [7, 11) is 0. The van der Waals surface area contributed by atoms with Gasteiger partial charge in [0, 0.05) is 6.04 Å². The number of hydrogen-bond donors (Lipinski definition) is 3. The summed E-state index contributed by atoms with van der Waals surface area (Å²) in [5, 5.41) is 8.27. The lowest BCUT2D eigenvalue weighted by Crippen LogP contribution is -2.24. The maximum Gasteiger partial charge on any atom is 0.304 e. The molecule has 0 rings (SSSR count). The summed E-state index contributed by atoms with van der Waals surface area (Å²) in [5.74, 6) is -0.843. The molecule has 0 aromatic rings. The van der Waals surface area contributed by atoms with Crippen molar-refractivity contribution in [1.82, 2.24) is 0 Å². The van der Waals surface area contributed by atoms with Gasteiger partial charge in [0.25, 0.3) is 0 Å². The van der Waals surface area contributed by atoms with Crippen LogP contribution >= 0.6 is 12.4 Å². The summed E-state index contributed by atoms with van der Waals surface area (Å²) in [6.07, 6.45) is 1.54. The van der Waals surface area contributed by atoms with E-state index in [4.69, 9.17) is 16.6 Å². The van der Waals surface area contributed by atoms with Gasteiger partial charge in [-0.3, -0.25) is 4.79 Å². The molecule has 68 valence electrons. The van der Waals surface area contributed by atoms with Crippen LogP contribution in [-0.4, -0.2) is 23.7 Å². The van der Waals surface area contributed by atoms with E-state index in [0.29, 0.717) is 13.0 Å². The van der Waals surface area contributed by atoms with Crippen LogP contribution in [0.5, 0.6) is 0 Å². The molecule has 0 radical (unpaired) electrons. The Morgan fingerprint density at radius 1 is 1.55 bits per heavy atom. The van der Waals surface area contributed by atoms with Gasteiger partial charge in [0.15, 0.2) is 0 Å². The highest BCUT2D eigenvalue weighted by molar-refractivity contribution is 5.85. The smallest absolute Gasteiger partial charge is 0.304 e. The Morgan fingerprint density at radius 2 is 2.09 bits per heavy atom. The number of carbonyl (C=O) groups is 1. The topological polar surface area (TPSA) is 89.3 Å². The number of hydrogen-bond acceptors (Lipinski definition) is 3. The molecule has 0 spiro atoms. The minimum Gasteiger partial charge on any atom is -0.481 e.